The molecule has 0 aliphatic carbocycles. The predicted octanol–water partition coefficient (Wildman–Crippen LogP) is 5.28. The van der Waals surface area contributed by atoms with Gasteiger partial charge in [0.2, 0.25) is 0 Å². The molecule has 27 heavy (non-hydrogen) atoms. The van der Waals surface area contributed by atoms with E-state index in [2.05, 4.69) is 4.98 Å². The number of aromatic nitrogens is 1. The molecule has 4 aromatic rings. The Morgan fingerprint density at radius 1 is 0.963 bits per heavy atom. The lowest BCUT2D eigenvalue weighted by Gasteiger charge is -2.01. The Morgan fingerprint density at radius 2 is 1.81 bits per heavy atom. The van der Waals surface area contributed by atoms with E-state index >= 15 is 0 Å². The van der Waals surface area contributed by atoms with Crippen LogP contribution in [0, 0.1) is 10.1 Å². The number of furan rings is 1. The van der Waals surface area contributed by atoms with Crippen LogP contribution >= 0.6 is 0 Å². The first-order chi connectivity index (χ1) is 13.1. The van der Waals surface area contributed by atoms with Gasteiger partial charge in [-0.15, -0.1) is 0 Å². The average Bonchev–Trinajstić information content (AvgIpc) is 3.16. The number of hydrogen-bond acceptors (Lipinski definition) is 5. The summed E-state index contributed by atoms with van der Waals surface area (Å²) < 4.78 is 5.73. The highest BCUT2D eigenvalue weighted by atomic mass is 16.6. The van der Waals surface area contributed by atoms with Crippen molar-refractivity contribution in [1.29, 1.82) is 0 Å². The van der Waals surface area contributed by atoms with Crippen LogP contribution in [0.15, 0.2) is 71.1 Å². The molecular formula is C21H14N2O4. The normalized spacial score (nSPS) is 11.3. The molecule has 2 aromatic heterocycles. The molecule has 6 nitrogen and oxygen atoms in total. The summed E-state index contributed by atoms with van der Waals surface area (Å²) in [7, 11) is 0. The Kier molecular flexibility index (Phi) is 4.14. The third kappa shape index (κ3) is 3.28. The summed E-state index contributed by atoms with van der Waals surface area (Å²) in [4.78, 5) is 15.2. The third-order valence-electron chi connectivity index (χ3n) is 4.13. The number of rotatable bonds is 4. The zero-order chi connectivity index (χ0) is 18.8. The molecule has 2 aromatic carbocycles. The summed E-state index contributed by atoms with van der Waals surface area (Å²) in [6, 6.07) is 18.8. The number of nitro groups is 1. The van der Waals surface area contributed by atoms with Crippen molar-refractivity contribution in [3.63, 3.8) is 0 Å². The summed E-state index contributed by atoms with van der Waals surface area (Å²) in [5, 5.41) is 21.9. The van der Waals surface area contributed by atoms with E-state index in [9.17, 15) is 15.2 Å². The molecule has 0 radical (unpaired) electrons. The summed E-state index contributed by atoms with van der Waals surface area (Å²) >= 11 is 0. The quantitative estimate of drug-likeness (QED) is 0.396. The molecule has 2 heterocycles. The highest BCUT2D eigenvalue weighted by molar-refractivity contribution is 5.85. The van der Waals surface area contributed by atoms with Crippen LogP contribution < -0.4 is 0 Å². The number of hydrogen-bond donors (Lipinski definition) is 1. The number of pyridine rings is 1. The van der Waals surface area contributed by atoms with Crippen molar-refractivity contribution >= 4 is 28.7 Å². The number of para-hydroxylation sites is 2. The number of nitrogens with zero attached hydrogens (tertiary/aromatic N) is 2. The van der Waals surface area contributed by atoms with E-state index in [-0.39, 0.29) is 11.4 Å². The molecule has 1 N–H and O–H groups in total. The topological polar surface area (TPSA) is 89.4 Å². The van der Waals surface area contributed by atoms with Gasteiger partial charge in [0, 0.05) is 11.5 Å². The number of nitro benzene ring substituents is 1. The molecule has 0 saturated heterocycles. The van der Waals surface area contributed by atoms with Gasteiger partial charge in [0.1, 0.15) is 22.8 Å². The van der Waals surface area contributed by atoms with Crippen molar-refractivity contribution in [3.05, 3.63) is 88.3 Å². The second-order valence-corrected chi connectivity index (χ2v) is 5.89. The number of benzene rings is 2. The van der Waals surface area contributed by atoms with Crippen LogP contribution in [0.25, 0.3) is 34.4 Å². The maximum absolute atomic E-state index is 11.2. The molecular weight excluding hydrogens is 344 g/mol. The molecule has 0 bridgehead atoms. The van der Waals surface area contributed by atoms with Gasteiger partial charge in [0.15, 0.2) is 0 Å². The van der Waals surface area contributed by atoms with Crippen molar-refractivity contribution in [1.82, 2.24) is 4.98 Å². The number of phenols is 1. The highest BCUT2D eigenvalue weighted by Gasteiger charge is 2.16. The zero-order valence-electron chi connectivity index (χ0n) is 14.1. The monoisotopic (exact) mass is 358 g/mol. The molecule has 0 amide bonds. The zero-order valence-corrected chi connectivity index (χ0v) is 14.1. The SMILES string of the molecule is O=[N+]([O-])c1ccccc1-c1ccc(/C=C/c2ccc3cccc(O)c3n2)o1. The molecule has 0 unspecified atom stereocenters. The lowest BCUT2D eigenvalue weighted by molar-refractivity contribution is -0.384. The Balaban J connectivity index is 1.63. The van der Waals surface area contributed by atoms with E-state index in [0.717, 1.165) is 5.39 Å². The van der Waals surface area contributed by atoms with Crippen LogP contribution in [0.4, 0.5) is 5.69 Å². The van der Waals surface area contributed by atoms with E-state index in [1.165, 1.54) is 6.07 Å². The number of phenolic OH excluding ortho intramolecular Hbond substituents is 1. The van der Waals surface area contributed by atoms with Gasteiger partial charge < -0.3 is 9.52 Å². The van der Waals surface area contributed by atoms with Crippen LogP contribution in [0.5, 0.6) is 5.75 Å². The van der Waals surface area contributed by atoms with Gasteiger partial charge >= 0.3 is 0 Å². The Bertz CT molecular complexity index is 1180. The lowest BCUT2D eigenvalue weighted by Crippen LogP contribution is -1.90. The first-order valence-electron chi connectivity index (χ1n) is 8.22. The van der Waals surface area contributed by atoms with Gasteiger partial charge in [0.05, 0.1) is 16.2 Å². The summed E-state index contributed by atoms with van der Waals surface area (Å²) in [5.74, 6) is 1.09. The van der Waals surface area contributed by atoms with Crippen LogP contribution in [-0.2, 0) is 0 Å². The fourth-order valence-corrected chi connectivity index (χ4v) is 2.84. The Morgan fingerprint density at radius 3 is 2.67 bits per heavy atom. The second-order valence-electron chi connectivity index (χ2n) is 5.89. The number of aromatic hydroxyl groups is 1. The molecule has 0 atom stereocenters. The van der Waals surface area contributed by atoms with Crippen LogP contribution in [-0.4, -0.2) is 15.0 Å². The van der Waals surface area contributed by atoms with E-state index < -0.39 is 4.92 Å². The van der Waals surface area contributed by atoms with Crippen molar-refractivity contribution in [2.24, 2.45) is 0 Å². The fourth-order valence-electron chi connectivity index (χ4n) is 2.84. The molecule has 0 saturated carbocycles. The maximum Gasteiger partial charge on any atom is 0.280 e. The van der Waals surface area contributed by atoms with Gasteiger partial charge in [-0.3, -0.25) is 10.1 Å². The molecule has 6 heteroatoms. The average molecular weight is 358 g/mol. The van der Waals surface area contributed by atoms with Crippen molar-refractivity contribution in [2.45, 2.75) is 0 Å². The summed E-state index contributed by atoms with van der Waals surface area (Å²) in [6.07, 6.45) is 3.49. The summed E-state index contributed by atoms with van der Waals surface area (Å²) in [6.45, 7) is 0. The summed E-state index contributed by atoms with van der Waals surface area (Å²) in [5.41, 5.74) is 1.61. The van der Waals surface area contributed by atoms with Gasteiger partial charge in [-0.2, -0.15) is 0 Å². The second kappa shape index (κ2) is 6.76. The molecule has 132 valence electrons. The minimum absolute atomic E-state index is 0.00551. The maximum atomic E-state index is 11.2. The first kappa shape index (κ1) is 16.5. The third-order valence-corrected chi connectivity index (χ3v) is 4.13. The molecule has 0 aliphatic heterocycles. The molecule has 0 spiro atoms. The van der Waals surface area contributed by atoms with E-state index in [1.54, 1.807) is 54.6 Å². The standard InChI is InChI=1S/C21H14N2O4/c24-19-7-3-4-14-8-9-15(22-21(14)19)10-11-16-12-13-20(27-16)17-5-1-2-6-18(17)23(25)26/h1-13,24H/b11-10+. The van der Waals surface area contributed by atoms with Crippen LogP contribution in [0.2, 0.25) is 0 Å². The minimum atomic E-state index is -0.432. The predicted molar refractivity (Wildman–Crippen MR) is 103 cm³/mol. The lowest BCUT2D eigenvalue weighted by atomic mass is 10.1. The van der Waals surface area contributed by atoms with E-state index in [4.69, 9.17) is 4.42 Å². The van der Waals surface area contributed by atoms with Crippen molar-refractivity contribution in [3.8, 4) is 17.1 Å². The molecule has 0 aliphatic rings. The van der Waals surface area contributed by atoms with Gasteiger partial charge in [-0.05, 0) is 42.5 Å². The first-order valence-corrected chi connectivity index (χ1v) is 8.22. The van der Waals surface area contributed by atoms with E-state index in [1.807, 2.05) is 18.2 Å². The number of fused-ring (bicyclic) bond motifs is 1. The van der Waals surface area contributed by atoms with Crippen molar-refractivity contribution in [2.75, 3.05) is 0 Å². The Labute approximate surface area is 154 Å². The van der Waals surface area contributed by atoms with Crippen molar-refractivity contribution < 1.29 is 14.4 Å². The van der Waals surface area contributed by atoms with E-state index in [0.29, 0.717) is 28.3 Å². The fraction of sp³-hybridized carbons (Fsp3) is 0. The van der Waals surface area contributed by atoms with Crippen LogP contribution in [0.3, 0.4) is 0 Å². The minimum Gasteiger partial charge on any atom is -0.506 e. The van der Waals surface area contributed by atoms with Gasteiger partial charge in [-0.1, -0.05) is 30.3 Å². The van der Waals surface area contributed by atoms with Gasteiger partial charge in [-0.25, -0.2) is 4.98 Å². The van der Waals surface area contributed by atoms with Crippen LogP contribution in [0.1, 0.15) is 11.5 Å². The van der Waals surface area contributed by atoms with Gasteiger partial charge in [0.25, 0.3) is 5.69 Å². The molecule has 0 fully saturated rings. The smallest absolute Gasteiger partial charge is 0.280 e. The largest absolute Gasteiger partial charge is 0.506 e. The molecule has 4 rings (SSSR count). The highest BCUT2D eigenvalue weighted by Crippen LogP contribution is 2.31. The Hall–Kier alpha value is -3.93.